The zero-order valence-corrected chi connectivity index (χ0v) is 12.1. The van der Waals surface area contributed by atoms with E-state index in [2.05, 4.69) is 30.0 Å². The lowest BCUT2D eigenvalue weighted by molar-refractivity contribution is 0.625. The number of aryl methyl sites for hydroxylation is 1. The molecule has 2 rings (SSSR count). The van der Waals surface area contributed by atoms with Gasteiger partial charge in [0.1, 0.15) is 5.82 Å². The molecular weight excluding hydrogens is 251 g/mol. The number of benzene rings is 2. The molecule has 0 bridgehead atoms. The summed E-state index contributed by atoms with van der Waals surface area (Å²) in [6.45, 7) is 3.46. The second-order valence-corrected chi connectivity index (χ2v) is 5.14. The smallest absolute Gasteiger partial charge is 0.123 e. The Labute approximate surface area is 120 Å². The van der Waals surface area contributed by atoms with Gasteiger partial charge < -0.3 is 10.6 Å². The molecule has 0 radical (unpaired) electrons. The quantitative estimate of drug-likeness (QED) is 0.905. The highest BCUT2D eigenvalue weighted by molar-refractivity contribution is 5.50. The summed E-state index contributed by atoms with van der Waals surface area (Å²) in [4.78, 5) is 2.12. The van der Waals surface area contributed by atoms with Gasteiger partial charge >= 0.3 is 0 Å². The average Bonchev–Trinajstić information content (AvgIpc) is 2.41. The Balaban J connectivity index is 2.13. The van der Waals surface area contributed by atoms with Crippen molar-refractivity contribution in [2.24, 2.45) is 5.73 Å². The van der Waals surface area contributed by atoms with Gasteiger partial charge in [-0.3, -0.25) is 0 Å². The summed E-state index contributed by atoms with van der Waals surface area (Å²) >= 11 is 0. The molecular formula is C17H21FN2. The van der Waals surface area contributed by atoms with Crippen LogP contribution in [0.5, 0.6) is 0 Å². The van der Waals surface area contributed by atoms with Crippen LogP contribution in [-0.4, -0.2) is 13.6 Å². The van der Waals surface area contributed by atoms with Crippen LogP contribution in [0.4, 0.5) is 10.1 Å². The number of hydrogen-bond donors (Lipinski definition) is 1. The maximum Gasteiger partial charge on any atom is 0.123 e. The lowest BCUT2D eigenvalue weighted by Crippen LogP contribution is -2.16. The van der Waals surface area contributed by atoms with Crippen LogP contribution in [-0.2, 0) is 13.0 Å². The van der Waals surface area contributed by atoms with Crippen molar-refractivity contribution in [2.45, 2.75) is 19.9 Å². The first-order valence-electron chi connectivity index (χ1n) is 6.85. The molecule has 0 amide bonds. The summed E-state index contributed by atoms with van der Waals surface area (Å²) in [5, 5.41) is 0. The van der Waals surface area contributed by atoms with Crippen molar-refractivity contribution in [2.75, 3.05) is 18.5 Å². The normalized spacial score (nSPS) is 10.6. The van der Waals surface area contributed by atoms with Crippen LogP contribution in [0.25, 0.3) is 0 Å². The van der Waals surface area contributed by atoms with Crippen LogP contribution >= 0.6 is 0 Å². The first-order chi connectivity index (χ1) is 9.60. The molecule has 0 aromatic heterocycles. The fourth-order valence-corrected chi connectivity index (χ4v) is 2.35. The molecule has 0 aliphatic carbocycles. The average molecular weight is 272 g/mol. The molecule has 0 saturated carbocycles. The summed E-state index contributed by atoms with van der Waals surface area (Å²) in [5.74, 6) is -0.189. The molecule has 2 nitrogen and oxygen atoms in total. The molecule has 2 aromatic rings. The van der Waals surface area contributed by atoms with Crippen LogP contribution in [0, 0.1) is 12.7 Å². The fourth-order valence-electron chi connectivity index (χ4n) is 2.35. The third kappa shape index (κ3) is 3.58. The summed E-state index contributed by atoms with van der Waals surface area (Å²) < 4.78 is 13.2. The monoisotopic (exact) mass is 272 g/mol. The topological polar surface area (TPSA) is 29.3 Å². The Hall–Kier alpha value is -1.87. The van der Waals surface area contributed by atoms with E-state index in [4.69, 9.17) is 5.73 Å². The number of nitrogens with zero attached hydrogens (tertiary/aromatic N) is 1. The van der Waals surface area contributed by atoms with Crippen LogP contribution in [0.1, 0.15) is 16.7 Å². The minimum atomic E-state index is -0.189. The van der Waals surface area contributed by atoms with Crippen molar-refractivity contribution in [1.82, 2.24) is 0 Å². The van der Waals surface area contributed by atoms with Gasteiger partial charge in [-0.15, -0.1) is 0 Å². The van der Waals surface area contributed by atoms with Gasteiger partial charge in [0.15, 0.2) is 0 Å². The Bertz CT molecular complexity index is 581. The minimum Gasteiger partial charge on any atom is -0.370 e. The van der Waals surface area contributed by atoms with Crippen LogP contribution in [0.3, 0.4) is 0 Å². The molecule has 0 spiro atoms. The summed E-state index contributed by atoms with van der Waals surface area (Å²) in [7, 11) is 2.02. The molecule has 2 N–H and O–H groups in total. The van der Waals surface area contributed by atoms with Gasteiger partial charge in [0.05, 0.1) is 0 Å². The second-order valence-electron chi connectivity index (χ2n) is 5.14. The van der Waals surface area contributed by atoms with E-state index in [-0.39, 0.29) is 5.82 Å². The van der Waals surface area contributed by atoms with Gasteiger partial charge in [-0.2, -0.15) is 0 Å². The molecule has 0 aliphatic rings. The van der Waals surface area contributed by atoms with E-state index < -0.39 is 0 Å². The van der Waals surface area contributed by atoms with E-state index in [0.717, 1.165) is 17.7 Å². The van der Waals surface area contributed by atoms with Crippen molar-refractivity contribution >= 4 is 5.69 Å². The van der Waals surface area contributed by atoms with E-state index in [0.29, 0.717) is 13.1 Å². The molecule has 2 aromatic carbocycles. The van der Waals surface area contributed by atoms with Gasteiger partial charge in [-0.1, -0.05) is 18.2 Å². The second kappa shape index (κ2) is 6.53. The lowest BCUT2D eigenvalue weighted by atomic mass is 10.0. The van der Waals surface area contributed by atoms with E-state index in [1.54, 1.807) is 12.1 Å². The van der Waals surface area contributed by atoms with E-state index >= 15 is 0 Å². The summed E-state index contributed by atoms with van der Waals surface area (Å²) in [6, 6.07) is 13.1. The van der Waals surface area contributed by atoms with Crippen LogP contribution in [0.2, 0.25) is 0 Å². The van der Waals surface area contributed by atoms with Gasteiger partial charge in [-0.05, 0) is 60.8 Å². The highest BCUT2D eigenvalue weighted by atomic mass is 19.1. The van der Waals surface area contributed by atoms with Crippen molar-refractivity contribution in [3.63, 3.8) is 0 Å². The molecule has 0 fully saturated rings. The third-order valence-corrected chi connectivity index (χ3v) is 3.49. The van der Waals surface area contributed by atoms with Crippen molar-refractivity contribution in [3.8, 4) is 0 Å². The zero-order valence-electron chi connectivity index (χ0n) is 12.1. The first-order valence-corrected chi connectivity index (χ1v) is 6.85. The summed E-state index contributed by atoms with van der Waals surface area (Å²) in [5.41, 5.74) is 10.2. The maximum atomic E-state index is 13.2. The largest absolute Gasteiger partial charge is 0.370 e. The number of halogens is 1. The molecule has 3 heteroatoms. The SMILES string of the molecule is Cc1cc(N(C)Cc2cccc(F)c2)ccc1CCN. The van der Waals surface area contributed by atoms with Gasteiger partial charge in [0, 0.05) is 19.3 Å². The Morgan fingerprint density at radius 2 is 1.95 bits per heavy atom. The van der Waals surface area contributed by atoms with Crippen molar-refractivity contribution in [1.29, 1.82) is 0 Å². The predicted octanol–water partition coefficient (Wildman–Crippen LogP) is 3.27. The van der Waals surface area contributed by atoms with Gasteiger partial charge in [-0.25, -0.2) is 4.39 Å². The molecule has 0 atom stereocenters. The Morgan fingerprint density at radius 3 is 2.60 bits per heavy atom. The van der Waals surface area contributed by atoms with E-state index in [1.165, 1.54) is 17.2 Å². The highest BCUT2D eigenvalue weighted by Gasteiger charge is 2.05. The van der Waals surface area contributed by atoms with Crippen LogP contribution in [0.15, 0.2) is 42.5 Å². The zero-order chi connectivity index (χ0) is 14.5. The molecule has 106 valence electrons. The molecule has 0 aliphatic heterocycles. The Morgan fingerprint density at radius 1 is 1.15 bits per heavy atom. The van der Waals surface area contributed by atoms with Gasteiger partial charge in [0.25, 0.3) is 0 Å². The number of rotatable bonds is 5. The minimum absolute atomic E-state index is 0.189. The highest BCUT2D eigenvalue weighted by Crippen LogP contribution is 2.20. The lowest BCUT2D eigenvalue weighted by Gasteiger charge is -2.21. The fraction of sp³-hybridized carbons (Fsp3) is 0.294. The molecule has 0 saturated heterocycles. The van der Waals surface area contributed by atoms with E-state index in [1.807, 2.05) is 13.1 Å². The number of nitrogens with two attached hydrogens (primary N) is 1. The Kier molecular flexibility index (Phi) is 4.74. The van der Waals surface area contributed by atoms with Crippen molar-refractivity contribution < 1.29 is 4.39 Å². The van der Waals surface area contributed by atoms with Crippen LogP contribution < -0.4 is 10.6 Å². The number of hydrogen-bond acceptors (Lipinski definition) is 2. The standard InChI is InChI=1S/C17H21FN2/c1-13-10-17(7-6-15(13)8-9-19)20(2)12-14-4-3-5-16(18)11-14/h3-7,10-11H,8-9,12,19H2,1-2H3. The molecule has 0 heterocycles. The molecule has 20 heavy (non-hydrogen) atoms. The van der Waals surface area contributed by atoms with E-state index in [9.17, 15) is 4.39 Å². The number of anilines is 1. The third-order valence-electron chi connectivity index (χ3n) is 3.49. The van der Waals surface area contributed by atoms with Crippen molar-refractivity contribution in [3.05, 3.63) is 65.0 Å². The van der Waals surface area contributed by atoms with Gasteiger partial charge in [0.2, 0.25) is 0 Å². The first kappa shape index (κ1) is 14.5. The maximum absolute atomic E-state index is 13.2. The molecule has 0 unspecified atom stereocenters. The summed E-state index contributed by atoms with van der Waals surface area (Å²) in [6.07, 6.45) is 0.903. The predicted molar refractivity (Wildman–Crippen MR) is 82.4 cm³/mol.